The van der Waals surface area contributed by atoms with Gasteiger partial charge in [-0.15, -0.1) is 0 Å². The van der Waals surface area contributed by atoms with E-state index in [0.29, 0.717) is 11.4 Å². The maximum absolute atomic E-state index is 9.24. The average molecular weight is 239 g/mol. The Kier molecular flexibility index (Phi) is 5.87. The Morgan fingerprint density at radius 2 is 2.06 bits per heavy atom. The van der Waals surface area contributed by atoms with Crippen LogP contribution < -0.4 is 5.32 Å². The van der Waals surface area contributed by atoms with Crippen LogP contribution >= 0.6 is 11.6 Å². The summed E-state index contributed by atoms with van der Waals surface area (Å²) in [6.07, 6.45) is 1.33. The van der Waals surface area contributed by atoms with Gasteiger partial charge in [0.2, 0.25) is 0 Å². The van der Waals surface area contributed by atoms with Crippen molar-refractivity contribution in [3.8, 4) is 6.07 Å². The number of nitrogens with zero attached hydrogens (tertiary/aromatic N) is 1. The molecule has 0 saturated heterocycles. The minimum atomic E-state index is -0.0871. The molecule has 0 spiro atoms. The van der Waals surface area contributed by atoms with Gasteiger partial charge in [0.25, 0.3) is 0 Å². The molecule has 1 aromatic rings. The molecule has 0 saturated carbocycles. The maximum Gasteiger partial charge on any atom is 0.0626 e. The highest BCUT2D eigenvalue weighted by atomic mass is 35.5. The van der Waals surface area contributed by atoms with Crippen molar-refractivity contribution in [1.82, 2.24) is 5.32 Å². The van der Waals surface area contributed by atoms with Crippen LogP contribution in [0.2, 0.25) is 5.02 Å². The van der Waals surface area contributed by atoms with E-state index < -0.39 is 0 Å². The van der Waals surface area contributed by atoms with Crippen LogP contribution in [0, 0.1) is 11.3 Å². The van der Waals surface area contributed by atoms with Gasteiger partial charge in [-0.1, -0.05) is 23.7 Å². The van der Waals surface area contributed by atoms with Gasteiger partial charge >= 0.3 is 0 Å². The van der Waals surface area contributed by atoms with Gasteiger partial charge in [0.1, 0.15) is 0 Å². The second kappa shape index (κ2) is 7.24. The van der Waals surface area contributed by atoms with Crippen LogP contribution in [-0.2, 0) is 0 Å². The molecule has 86 valence electrons. The number of hydrogen-bond acceptors (Lipinski definition) is 3. The zero-order valence-electron chi connectivity index (χ0n) is 8.99. The number of halogens is 1. The Balaban J connectivity index is 2.48. The summed E-state index contributed by atoms with van der Waals surface area (Å²) >= 11 is 5.79. The van der Waals surface area contributed by atoms with Gasteiger partial charge < -0.3 is 10.4 Å². The Hall–Kier alpha value is -1.08. The average Bonchev–Trinajstić information content (AvgIpc) is 2.31. The lowest BCUT2D eigenvalue weighted by molar-refractivity contribution is 0.244. The van der Waals surface area contributed by atoms with Crippen molar-refractivity contribution >= 4 is 11.6 Å². The molecule has 2 N–H and O–H groups in total. The van der Waals surface area contributed by atoms with Crippen molar-refractivity contribution in [3.05, 3.63) is 34.9 Å². The van der Waals surface area contributed by atoms with E-state index in [1.807, 2.05) is 12.1 Å². The highest BCUT2D eigenvalue weighted by Gasteiger charge is 2.08. The van der Waals surface area contributed by atoms with Gasteiger partial charge in [0.05, 0.1) is 18.7 Å². The number of unbranched alkanes of at least 4 members (excludes halogenated alkanes) is 1. The number of hydrogen-bond donors (Lipinski definition) is 2. The molecule has 4 heteroatoms. The summed E-state index contributed by atoms with van der Waals surface area (Å²) in [5.74, 6) is 0. The molecule has 0 aromatic heterocycles. The number of aliphatic hydroxyl groups excluding tert-OH is 1. The standard InChI is InChI=1S/C12H15ClN2O/c13-11-5-3-10(4-6-11)12(9-16)15-8-2-1-7-14/h3-6,12,15-16H,1-2,8-9H2/t12-/m0/s1. The van der Waals surface area contributed by atoms with Crippen molar-refractivity contribution < 1.29 is 5.11 Å². The molecule has 0 bridgehead atoms. The molecule has 3 nitrogen and oxygen atoms in total. The lowest BCUT2D eigenvalue weighted by Crippen LogP contribution is -2.25. The van der Waals surface area contributed by atoms with E-state index in [2.05, 4.69) is 11.4 Å². The van der Waals surface area contributed by atoms with Crippen LogP contribution in [0.1, 0.15) is 24.4 Å². The highest BCUT2D eigenvalue weighted by Crippen LogP contribution is 2.16. The molecule has 0 aliphatic rings. The molecule has 1 aromatic carbocycles. The SMILES string of the molecule is N#CCCCN[C@@H](CO)c1ccc(Cl)cc1. The van der Waals surface area contributed by atoms with Crippen LogP contribution in [0.4, 0.5) is 0 Å². The second-order valence-electron chi connectivity index (χ2n) is 3.50. The number of benzene rings is 1. The molecule has 1 rings (SSSR count). The quantitative estimate of drug-likeness (QED) is 0.748. The van der Waals surface area contributed by atoms with Crippen molar-refractivity contribution in [2.45, 2.75) is 18.9 Å². The molecule has 0 unspecified atom stereocenters. The van der Waals surface area contributed by atoms with Gasteiger partial charge in [-0.05, 0) is 30.7 Å². The summed E-state index contributed by atoms with van der Waals surface area (Å²) in [7, 11) is 0. The predicted octanol–water partition coefficient (Wildman–Crippen LogP) is 2.27. The summed E-state index contributed by atoms with van der Waals surface area (Å²) in [6.45, 7) is 0.760. The van der Waals surface area contributed by atoms with Crippen LogP contribution in [0.3, 0.4) is 0 Å². The third-order valence-corrected chi connectivity index (χ3v) is 2.56. The van der Waals surface area contributed by atoms with Gasteiger partial charge in [-0.2, -0.15) is 5.26 Å². The van der Waals surface area contributed by atoms with E-state index in [4.69, 9.17) is 16.9 Å². The topological polar surface area (TPSA) is 56.0 Å². The van der Waals surface area contributed by atoms with Crippen LogP contribution in [0.15, 0.2) is 24.3 Å². The molecule has 16 heavy (non-hydrogen) atoms. The minimum absolute atomic E-state index is 0.0359. The first-order valence-corrected chi connectivity index (χ1v) is 5.62. The molecule has 0 aliphatic heterocycles. The van der Waals surface area contributed by atoms with Crippen molar-refractivity contribution in [3.63, 3.8) is 0 Å². The van der Waals surface area contributed by atoms with E-state index >= 15 is 0 Å². The fraction of sp³-hybridized carbons (Fsp3) is 0.417. The molecule has 1 atom stereocenters. The number of rotatable bonds is 6. The number of nitriles is 1. The third kappa shape index (κ3) is 4.19. The van der Waals surface area contributed by atoms with Gasteiger partial charge in [-0.3, -0.25) is 0 Å². The summed E-state index contributed by atoms with van der Waals surface area (Å²) in [6, 6.07) is 9.38. The predicted molar refractivity (Wildman–Crippen MR) is 64.1 cm³/mol. The van der Waals surface area contributed by atoms with Gasteiger partial charge in [-0.25, -0.2) is 0 Å². The van der Waals surface area contributed by atoms with Crippen LogP contribution in [-0.4, -0.2) is 18.3 Å². The van der Waals surface area contributed by atoms with E-state index in [9.17, 15) is 5.11 Å². The zero-order chi connectivity index (χ0) is 11.8. The Labute approximate surface area is 101 Å². The van der Waals surface area contributed by atoms with E-state index in [-0.39, 0.29) is 12.6 Å². The Morgan fingerprint density at radius 1 is 1.38 bits per heavy atom. The first kappa shape index (κ1) is 13.0. The van der Waals surface area contributed by atoms with Crippen molar-refractivity contribution in [2.75, 3.05) is 13.2 Å². The van der Waals surface area contributed by atoms with Crippen molar-refractivity contribution in [2.24, 2.45) is 0 Å². The third-order valence-electron chi connectivity index (χ3n) is 2.31. The van der Waals surface area contributed by atoms with Crippen molar-refractivity contribution in [1.29, 1.82) is 5.26 Å². The summed E-state index contributed by atoms with van der Waals surface area (Å²) in [4.78, 5) is 0. The van der Waals surface area contributed by atoms with E-state index in [1.54, 1.807) is 12.1 Å². The van der Waals surface area contributed by atoms with E-state index in [0.717, 1.165) is 18.5 Å². The molecular formula is C12H15ClN2O. The smallest absolute Gasteiger partial charge is 0.0626 e. The molecule has 0 aliphatic carbocycles. The first-order chi connectivity index (χ1) is 7.77. The van der Waals surface area contributed by atoms with Gasteiger partial charge in [0, 0.05) is 11.4 Å². The molecule has 0 radical (unpaired) electrons. The summed E-state index contributed by atoms with van der Waals surface area (Å²) in [5, 5.41) is 21.5. The lowest BCUT2D eigenvalue weighted by Gasteiger charge is -2.16. The first-order valence-electron chi connectivity index (χ1n) is 5.24. The maximum atomic E-state index is 9.24. The van der Waals surface area contributed by atoms with E-state index in [1.165, 1.54) is 0 Å². The molecule has 0 heterocycles. The second-order valence-corrected chi connectivity index (χ2v) is 3.94. The van der Waals surface area contributed by atoms with Gasteiger partial charge in [0.15, 0.2) is 0 Å². The minimum Gasteiger partial charge on any atom is -0.394 e. The zero-order valence-corrected chi connectivity index (χ0v) is 9.74. The molecule has 0 fully saturated rings. The monoisotopic (exact) mass is 238 g/mol. The number of nitrogens with one attached hydrogen (secondary N) is 1. The van der Waals surface area contributed by atoms with Crippen LogP contribution in [0.25, 0.3) is 0 Å². The molecule has 0 amide bonds. The van der Waals surface area contributed by atoms with Crippen LogP contribution in [0.5, 0.6) is 0 Å². The number of aliphatic hydroxyl groups is 1. The lowest BCUT2D eigenvalue weighted by atomic mass is 10.1. The highest BCUT2D eigenvalue weighted by molar-refractivity contribution is 6.30. The Bertz CT molecular complexity index is 345. The summed E-state index contributed by atoms with van der Waals surface area (Å²) in [5.41, 5.74) is 1.00. The molecular weight excluding hydrogens is 224 g/mol. The largest absolute Gasteiger partial charge is 0.394 e. The fourth-order valence-corrected chi connectivity index (χ4v) is 1.55. The Morgan fingerprint density at radius 3 is 2.62 bits per heavy atom. The fourth-order valence-electron chi connectivity index (χ4n) is 1.43. The normalized spacial score (nSPS) is 12.1. The summed E-state index contributed by atoms with van der Waals surface area (Å²) < 4.78 is 0.